The van der Waals surface area contributed by atoms with Crippen LogP contribution in [-0.2, 0) is 9.59 Å². The summed E-state index contributed by atoms with van der Waals surface area (Å²) in [6, 6.07) is 0. The second kappa shape index (κ2) is 2.48. The van der Waals surface area contributed by atoms with Crippen molar-refractivity contribution in [1.29, 1.82) is 0 Å². The molecule has 0 saturated heterocycles. The van der Waals surface area contributed by atoms with Gasteiger partial charge in [-0.25, -0.2) is 0 Å². The smallest absolute Gasteiger partial charge is 0.316 e. The lowest BCUT2D eigenvalue weighted by atomic mass is 9.88. The number of carbonyl (C=O) groups excluding carboxylic acids is 1. The van der Waals surface area contributed by atoms with Crippen LogP contribution in [0.15, 0.2) is 0 Å². The number of Topliss-reactive ketones (excluding diaryl/α,β-unsaturated/α-hetero) is 1. The SMILES string of the molecule is CC1(C(=O)O)CCC(Cl)C1=O. The lowest BCUT2D eigenvalue weighted by Gasteiger charge is -2.14. The third-order valence-corrected chi connectivity index (χ3v) is 2.61. The molecule has 11 heavy (non-hydrogen) atoms. The van der Waals surface area contributed by atoms with Gasteiger partial charge in [0.1, 0.15) is 5.41 Å². The first kappa shape index (κ1) is 8.53. The Labute approximate surface area is 69.3 Å². The highest BCUT2D eigenvalue weighted by Gasteiger charge is 2.49. The minimum Gasteiger partial charge on any atom is -0.481 e. The van der Waals surface area contributed by atoms with Gasteiger partial charge in [0.25, 0.3) is 0 Å². The van der Waals surface area contributed by atoms with Gasteiger partial charge in [0.05, 0.1) is 5.38 Å². The van der Waals surface area contributed by atoms with Gasteiger partial charge in [-0.2, -0.15) is 0 Å². The zero-order valence-corrected chi connectivity index (χ0v) is 6.89. The van der Waals surface area contributed by atoms with E-state index >= 15 is 0 Å². The van der Waals surface area contributed by atoms with Crippen molar-refractivity contribution >= 4 is 23.4 Å². The Hall–Kier alpha value is -0.570. The van der Waals surface area contributed by atoms with E-state index in [0.717, 1.165) is 0 Å². The molecule has 2 atom stereocenters. The van der Waals surface area contributed by atoms with Crippen molar-refractivity contribution in [3.05, 3.63) is 0 Å². The molecule has 0 aromatic heterocycles. The van der Waals surface area contributed by atoms with E-state index in [1.165, 1.54) is 6.92 Å². The van der Waals surface area contributed by atoms with Crippen LogP contribution in [0.3, 0.4) is 0 Å². The number of rotatable bonds is 1. The topological polar surface area (TPSA) is 54.4 Å². The maximum Gasteiger partial charge on any atom is 0.316 e. The summed E-state index contributed by atoms with van der Waals surface area (Å²) in [5, 5.41) is 8.08. The molecule has 1 N–H and O–H groups in total. The van der Waals surface area contributed by atoms with Crippen LogP contribution in [0.5, 0.6) is 0 Å². The lowest BCUT2D eigenvalue weighted by molar-refractivity contribution is -0.151. The van der Waals surface area contributed by atoms with Crippen LogP contribution in [0.1, 0.15) is 19.8 Å². The van der Waals surface area contributed by atoms with Gasteiger partial charge < -0.3 is 5.11 Å². The molecule has 0 spiro atoms. The van der Waals surface area contributed by atoms with E-state index in [9.17, 15) is 9.59 Å². The number of hydrogen-bond acceptors (Lipinski definition) is 2. The van der Waals surface area contributed by atoms with Gasteiger partial charge in [0.15, 0.2) is 5.78 Å². The minimum absolute atomic E-state index is 0.355. The number of carboxylic acid groups (broad SMARTS) is 1. The average Bonchev–Trinajstić information content (AvgIpc) is 2.18. The van der Waals surface area contributed by atoms with E-state index in [4.69, 9.17) is 16.7 Å². The molecule has 0 bridgehead atoms. The monoisotopic (exact) mass is 176 g/mol. The molecule has 62 valence electrons. The molecule has 1 aliphatic carbocycles. The van der Waals surface area contributed by atoms with Crippen LogP contribution in [-0.4, -0.2) is 22.2 Å². The summed E-state index contributed by atoms with van der Waals surface area (Å²) in [5.41, 5.74) is -1.23. The Balaban J connectivity index is 2.90. The Morgan fingerprint density at radius 2 is 2.36 bits per heavy atom. The van der Waals surface area contributed by atoms with Gasteiger partial charge >= 0.3 is 5.97 Å². The fourth-order valence-corrected chi connectivity index (χ4v) is 1.58. The maximum absolute atomic E-state index is 11.2. The molecule has 0 aromatic rings. The largest absolute Gasteiger partial charge is 0.481 e. The fraction of sp³-hybridized carbons (Fsp3) is 0.714. The minimum atomic E-state index is -1.23. The molecule has 3 nitrogen and oxygen atoms in total. The zero-order chi connectivity index (χ0) is 8.65. The summed E-state index contributed by atoms with van der Waals surface area (Å²) in [5.74, 6) is -1.42. The van der Waals surface area contributed by atoms with Gasteiger partial charge in [0.2, 0.25) is 0 Å². The molecular formula is C7H9ClO3. The highest BCUT2D eigenvalue weighted by Crippen LogP contribution is 2.37. The van der Waals surface area contributed by atoms with Gasteiger partial charge in [-0.05, 0) is 19.8 Å². The van der Waals surface area contributed by atoms with Crippen LogP contribution >= 0.6 is 11.6 Å². The first-order valence-corrected chi connectivity index (χ1v) is 3.84. The van der Waals surface area contributed by atoms with E-state index in [-0.39, 0.29) is 5.78 Å². The van der Waals surface area contributed by atoms with E-state index in [1.54, 1.807) is 0 Å². The summed E-state index contributed by atoms with van der Waals surface area (Å²) < 4.78 is 0. The van der Waals surface area contributed by atoms with E-state index in [2.05, 4.69) is 0 Å². The van der Waals surface area contributed by atoms with Crippen LogP contribution in [0.4, 0.5) is 0 Å². The third-order valence-electron chi connectivity index (χ3n) is 2.20. The second-order valence-electron chi connectivity index (χ2n) is 3.01. The fourth-order valence-electron chi connectivity index (χ4n) is 1.23. The normalized spacial score (nSPS) is 37.6. The van der Waals surface area contributed by atoms with Crippen molar-refractivity contribution in [3.63, 3.8) is 0 Å². The van der Waals surface area contributed by atoms with Crippen molar-refractivity contribution in [2.24, 2.45) is 5.41 Å². The highest BCUT2D eigenvalue weighted by molar-refractivity contribution is 6.34. The van der Waals surface area contributed by atoms with E-state index < -0.39 is 16.8 Å². The number of halogens is 1. The molecular weight excluding hydrogens is 168 g/mol. The number of aliphatic carboxylic acids is 1. The number of carboxylic acids is 1. The van der Waals surface area contributed by atoms with Crippen molar-refractivity contribution in [2.75, 3.05) is 0 Å². The summed E-state index contributed by atoms with van der Waals surface area (Å²) in [6.07, 6.45) is 0.832. The van der Waals surface area contributed by atoms with Crippen LogP contribution < -0.4 is 0 Å². The van der Waals surface area contributed by atoms with Crippen LogP contribution in [0.2, 0.25) is 0 Å². The predicted molar refractivity (Wildman–Crippen MR) is 39.6 cm³/mol. The number of ketones is 1. The molecule has 0 radical (unpaired) electrons. The summed E-state index contributed by atoms with van der Waals surface area (Å²) in [7, 11) is 0. The molecule has 0 aromatic carbocycles. The quantitative estimate of drug-likeness (QED) is 0.480. The standard InChI is InChI=1S/C7H9ClO3/c1-7(6(10)11)3-2-4(8)5(7)9/h4H,2-3H2,1H3,(H,10,11). The number of hydrogen-bond donors (Lipinski definition) is 1. The molecule has 1 aliphatic rings. The Bertz CT molecular complexity index is 214. The zero-order valence-electron chi connectivity index (χ0n) is 6.13. The molecule has 0 aliphatic heterocycles. The lowest BCUT2D eigenvalue weighted by Crippen LogP contribution is -2.34. The van der Waals surface area contributed by atoms with Crippen molar-refractivity contribution in [3.8, 4) is 0 Å². The van der Waals surface area contributed by atoms with Crippen LogP contribution in [0.25, 0.3) is 0 Å². The van der Waals surface area contributed by atoms with Crippen LogP contribution in [0, 0.1) is 5.41 Å². The Kier molecular flexibility index (Phi) is 1.92. The Morgan fingerprint density at radius 1 is 1.82 bits per heavy atom. The molecule has 0 heterocycles. The van der Waals surface area contributed by atoms with Gasteiger partial charge in [-0.1, -0.05) is 0 Å². The van der Waals surface area contributed by atoms with E-state index in [1.807, 2.05) is 0 Å². The first-order valence-electron chi connectivity index (χ1n) is 3.40. The van der Waals surface area contributed by atoms with Gasteiger partial charge in [0, 0.05) is 0 Å². The molecule has 2 unspecified atom stereocenters. The summed E-state index contributed by atoms with van der Waals surface area (Å²) in [4.78, 5) is 21.8. The average molecular weight is 177 g/mol. The highest BCUT2D eigenvalue weighted by atomic mass is 35.5. The molecule has 1 fully saturated rings. The van der Waals surface area contributed by atoms with Crippen molar-refractivity contribution < 1.29 is 14.7 Å². The number of alkyl halides is 1. The van der Waals surface area contributed by atoms with E-state index in [0.29, 0.717) is 12.8 Å². The number of carbonyl (C=O) groups is 2. The van der Waals surface area contributed by atoms with Crippen molar-refractivity contribution in [2.45, 2.75) is 25.1 Å². The van der Waals surface area contributed by atoms with Crippen molar-refractivity contribution in [1.82, 2.24) is 0 Å². The second-order valence-corrected chi connectivity index (χ2v) is 3.53. The maximum atomic E-state index is 11.2. The van der Waals surface area contributed by atoms with Gasteiger partial charge in [-0.15, -0.1) is 11.6 Å². The summed E-state index contributed by atoms with van der Waals surface area (Å²) in [6.45, 7) is 1.43. The Morgan fingerprint density at radius 3 is 2.55 bits per heavy atom. The summed E-state index contributed by atoms with van der Waals surface area (Å²) >= 11 is 5.58. The molecule has 4 heteroatoms. The van der Waals surface area contributed by atoms with Gasteiger partial charge in [-0.3, -0.25) is 9.59 Å². The first-order chi connectivity index (χ1) is 4.98. The predicted octanol–water partition coefficient (Wildman–Crippen LogP) is 1.05. The molecule has 1 saturated carbocycles. The third kappa shape index (κ3) is 1.13. The molecule has 1 rings (SSSR count). The molecule has 0 amide bonds.